The van der Waals surface area contributed by atoms with Crippen LogP contribution in [0.4, 0.5) is 10.2 Å². The van der Waals surface area contributed by atoms with Crippen molar-refractivity contribution in [3.8, 4) is 5.82 Å². The van der Waals surface area contributed by atoms with Gasteiger partial charge >= 0.3 is 0 Å². The number of pyridine rings is 1. The van der Waals surface area contributed by atoms with E-state index in [2.05, 4.69) is 30.6 Å². The van der Waals surface area contributed by atoms with Gasteiger partial charge in [0.2, 0.25) is 0 Å². The second-order valence-electron chi connectivity index (χ2n) is 5.62. The van der Waals surface area contributed by atoms with Gasteiger partial charge in [-0.15, -0.1) is 0 Å². The minimum Gasteiger partial charge on any atom is -0.368 e. The summed E-state index contributed by atoms with van der Waals surface area (Å²) in [5.41, 5.74) is 2.12. The highest BCUT2D eigenvalue weighted by molar-refractivity contribution is 5.93. The third kappa shape index (κ3) is 4.00. The van der Waals surface area contributed by atoms with Gasteiger partial charge in [0.25, 0.3) is 5.91 Å². The van der Waals surface area contributed by atoms with E-state index in [1.54, 1.807) is 12.4 Å². The van der Waals surface area contributed by atoms with Gasteiger partial charge < -0.3 is 10.6 Å². The minimum atomic E-state index is -0.547. The average Bonchev–Trinajstić information content (AvgIpc) is 2.98. The summed E-state index contributed by atoms with van der Waals surface area (Å²) in [6, 6.07) is 2.94. The van der Waals surface area contributed by atoms with E-state index in [1.165, 1.54) is 12.5 Å². The van der Waals surface area contributed by atoms with Crippen molar-refractivity contribution in [2.75, 3.05) is 18.4 Å². The number of aromatic nitrogens is 5. The highest BCUT2D eigenvalue weighted by atomic mass is 19.1. The van der Waals surface area contributed by atoms with E-state index in [-0.39, 0.29) is 11.5 Å². The Hall–Kier alpha value is -3.36. The van der Waals surface area contributed by atoms with Crippen LogP contribution in [0.15, 0.2) is 37.2 Å². The van der Waals surface area contributed by atoms with E-state index in [1.807, 2.05) is 18.4 Å². The van der Waals surface area contributed by atoms with E-state index < -0.39 is 5.82 Å². The fourth-order valence-electron chi connectivity index (χ4n) is 2.31. The summed E-state index contributed by atoms with van der Waals surface area (Å²) in [5, 5.41) is 5.80. The molecule has 3 rings (SSSR count). The molecule has 0 aliphatic heterocycles. The first-order valence-corrected chi connectivity index (χ1v) is 8.00. The molecule has 0 fully saturated rings. The first-order valence-electron chi connectivity index (χ1n) is 8.00. The summed E-state index contributed by atoms with van der Waals surface area (Å²) in [6.07, 6.45) is 5.54. The van der Waals surface area contributed by atoms with Crippen molar-refractivity contribution < 1.29 is 9.18 Å². The van der Waals surface area contributed by atoms with Gasteiger partial charge in [-0.2, -0.15) is 0 Å². The zero-order valence-electron chi connectivity index (χ0n) is 14.4. The first-order chi connectivity index (χ1) is 12.5. The lowest BCUT2D eigenvalue weighted by atomic mass is 10.2. The molecule has 3 aromatic heterocycles. The predicted octanol–water partition coefficient (Wildman–Crippen LogP) is 1.66. The van der Waals surface area contributed by atoms with Gasteiger partial charge in [-0.3, -0.25) is 14.3 Å². The van der Waals surface area contributed by atoms with Crippen LogP contribution in [-0.2, 0) is 0 Å². The lowest BCUT2D eigenvalue weighted by molar-refractivity contribution is 0.0954. The quantitative estimate of drug-likeness (QED) is 0.653. The zero-order chi connectivity index (χ0) is 18.5. The molecule has 2 N–H and O–H groups in total. The molecule has 0 radical (unpaired) electrons. The number of carbonyl (C=O) groups is 1. The van der Waals surface area contributed by atoms with Crippen molar-refractivity contribution >= 4 is 11.7 Å². The highest BCUT2D eigenvalue weighted by Crippen LogP contribution is 2.13. The Labute approximate surface area is 149 Å². The molecule has 3 heterocycles. The van der Waals surface area contributed by atoms with Crippen LogP contribution >= 0.6 is 0 Å². The molecule has 3 aromatic rings. The van der Waals surface area contributed by atoms with Crippen LogP contribution in [-0.4, -0.2) is 43.5 Å². The van der Waals surface area contributed by atoms with E-state index in [0.29, 0.717) is 24.7 Å². The number of halogens is 1. The van der Waals surface area contributed by atoms with Crippen molar-refractivity contribution in [3.05, 3.63) is 59.9 Å². The Kier molecular flexibility index (Phi) is 5.16. The molecular formula is C17H18FN7O. The summed E-state index contributed by atoms with van der Waals surface area (Å²) < 4.78 is 14.9. The fraction of sp³-hybridized carbons (Fsp3) is 0.235. The summed E-state index contributed by atoms with van der Waals surface area (Å²) >= 11 is 0. The summed E-state index contributed by atoms with van der Waals surface area (Å²) in [5.74, 6) is 0.402. The lowest BCUT2D eigenvalue weighted by Gasteiger charge is -2.09. The summed E-state index contributed by atoms with van der Waals surface area (Å²) in [6.45, 7) is 4.70. The number of imidazole rings is 1. The second kappa shape index (κ2) is 7.68. The van der Waals surface area contributed by atoms with Crippen molar-refractivity contribution in [1.82, 2.24) is 29.8 Å². The lowest BCUT2D eigenvalue weighted by Crippen LogP contribution is -2.29. The number of anilines is 1. The first kappa shape index (κ1) is 17.5. The van der Waals surface area contributed by atoms with Crippen molar-refractivity contribution in [1.29, 1.82) is 0 Å². The van der Waals surface area contributed by atoms with Crippen LogP contribution in [0.2, 0.25) is 0 Å². The smallest absolute Gasteiger partial charge is 0.253 e. The molecule has 134 valence electrons. The van der Waals surface area contributed by atoms with Gasteiger partial charge in [0.1, 0.15) is 30.1 Å². The number of hydrogen-bond donors (Lipinski definition) is 2. The average molecular weight is 355 g/mol. The number of rotatable bonds is 6. The molecule has 8 nitrogen and oxygen atoms in total. The number of amides is 1. The van der Waals surface area contributed by atoms with E-state index in [4.69, 9.17) is 0 Å². The third-order valence-electron chi connectivity index (χ3n) is 3.84. The van der Waals surface area contributed by atoms with Gasteiger partial charge in [-0.25, -0.2) is 19.3 Å². The van der Waals surface area contributed by atoms with Gasteiger partial charge in [-0.05, 0) is 19.9 Å². The van der Waals surface area contributed by atoms with E-state index >= 15 is 0 Å². The Morgan fingerprint density at radius 3 is 2.73 bits per heavy atom. The minimum absolute atomic E-state index is 0.181. The molecule has 0 spiro atoms. The van der Waals surface area contributed by atoms with Crippen LogP contribution in [0, 0.1) is 19.7 Å². The second-order valence-corrected chi connectivity index (χ2v) is 5.62. The van der Waals surface area contributed by atoms with Gasteiger partial charge in [0.15, 0.2) is 0 Å². The molecule has 0 aliphatic rings. The number of aryl methyl sites for hydroxylation is 1. The van der Waals surface area contributed by atoms with Gasteiger partial charge in [-0.1, -0.05) is 0 Å². The Bertz CT molecular complexity index is 925. The van der Waals surface area contributed by atoms with Crippen molar-refractivity contribution in [3.63, 3.8) is 0 Å². The van der Waals surface area contributed by atoms with Crippen molar-refractivity contribution in [2.24, 2.45) is 0 Å². The van der Waals surface area contributed by atoms with Crippen LogP contribution in [0.25, 0.3) is 5.82 Å². The molecule has 0 atom stereocenters. The Morgan fingerprint density at radius 1 is 1.15 bits per heavy atom. The fourth-order valence-corrected chi connectivity index (χ4v) is 2.31. The van der Waals surface area contributed by atoms with Crippen LogP contribution < -0.4 is 10.6 Å². The molecule has 0 bridgehead atoms. The van der Waals surface area contributed by atoms with E-state index in [9.17, 15) is 9.18 Å². The Morgan fingerprint density at radius 2 is 2.00 bits per heavy atom. The molecule has 0 aromatic carbocycles. The SMILES string of the molecule is Cc1ncn(-c2cc(NCCNC(=O)c3cncc(F)c3)ncn2)c1C. The normalized spacial score (nSPS) is 10.6. The molecule has 0 saturated heterocycles. The standard InChI is InChI=1S/C17H18FN7O/c1-11-12(2)25(10-24-11)16-6-15(22-9-23-16)20-3-4-21-17(26)13-5-14(18)8-19-7-13/h5-10H,3-4H2,1-2H3,(H,21,26)(H,20,22,23). The summed E-state index contributed by atoms with van der Waals surface area (Å²) in [4.78, 5) is 28.2. The molecular weight excluding hydrogens is 337 g/mol. The van der Waals surface area contributed by atoms with Crippen LogP contribution in [0.3, 0.4) is 0 Å². The van der Waals surface area contributed by atoms with Crippen LogP contribution in [0.1, 0.15) is 21.7 Å². The number of hydrogen-bond acceptors (Lipinski definition) is 6. The van der Waals surface area contributed by atoms with Gasteiger partial charge in [0, 0.05) is 31.0 Å². The molecule has 0 unspecified atom stereocenters. The van der Waals surface area contributed by atoms with E-state index in [0.717, 1.165) is 23.7 Å². The maximum atomic E-state index is 13.1. The highest BCUT2D eigenvalue weighted by Gasteiger charge is 2.08. The maximum Gasteiger partial charge on any atom is 0.253 e. The number of carbonyl (C=O) groups excluding carboxylic acids is 1. The molecule has 1 amide bonds. The topological polar surface area (TPSA) is 97.6 Å². The van der Waals surface area contributed by atoms with Gasteiger partial charge in [0.05, 0.1) is 17.5 Å². The molecule has 0 saturated carbocycles. The molecule has 0 aliphatic carbocycles. The zero-order valence-corrected chi connectivity index (χ0v) is 14.4. The predicted molar refractivity (Wildman–Crippen MR) is 93.6 cm³/mol. The Balaban J connectivity index is 1.55. The summed E-state index contributed by atoms with van der Waals surface area (Å²) in [7, 11) is 0. The van der Waals surface area contributed by atoms with Crippen LogP contribution in [0.5, 0.6) is 0 Å². The molecule has 9 heteroatoms. The number of nitrogens with one attached hydrogen (secondary N) is 2. The monoisotopic (exact) mass is 355 g/mol. The third-order valence-corrected chi connectivity index (χ3v) is 3.84. The van der Waals surface area contributed by atoms with Crippen molar-refractivity contribution in [2.45, 2.75) is 13.8 Å². The molecule has 26 heavy (non-hydrogen) atoms. The largest absolute Gasteiger partial charge is 0.368 e. The number of nitrogens with zero attached hydrogens (tertiary/aromatic N) is 5. The maximum absolute atomic E-state index is 13.1.